The number of aliphatic hydroxyl groups is 1. The molecule has 0 spiro atoms. The smallest absolute Gasteiger partial charge is 0.252 e. The predicted octanol–water partition coefficient (Wildman–Crippen LogP) is 2.08. The summed E-state index contributed by atoms with van der Waals surface area (Å²) in [7, 11) is 0. The number of aryl methyl sites for hydroxylation is 1. The number of halogens is 2. The zero-order valence-electron chi connectivity index (χ0n) is 12.2. The normalized spacial score (nSPS) is 24.6. The Hall–Kier alpha value is -1.69. The van der Waals surface area contributed by atoms with Crippen molar-refractivity contribution in [3.63, 3.8) is 0 Å². The lowest BCUT2D eigenvalue weighted by molar-refractivity contribution is -0.156. The lowest BCUT2D eigenvalue weighted by atomic mass is 9.73. The van der Waals surface area contributed by atoms with Gasteiger partial charge in [-0.1, -0.05) is 18.2 Å². The van der Waals surface area contributed by atoms with E-state index in [0.717, 1.165) is 18.5 Å². The Labute approximate surface area is 127 Å². The monoisotopic (exact) mass is 310 g/mol. The van der Waals surface area contributed by atoms with Crippen LogP contribution >= 0.6 is 0 Å². The van der Waals surface area contributed by atoms with Gasteiger partial charge < -0.3 is 15.7 Å². The highest BCUT2D eigenvalue weighted by molar-refractivity contribution is 5.78. The molecule has 1 amide bonds. The van der Waals surface area contributed by atoms with Crippen molar-refractivity contribution in [2.45, 2.75) is 49.6 Å². The van der Waals surface area contributed by atoms with Crippen molar-refractivity contribution in [1.29, 1.82) is 0 Å². The third-order valence-electron chi connectivity index (χ3n) is 4.47. The van der Waals surface area contributed by atoms with Gasteiger partial charge >= 0.3 is 0 Å². The van der Waals surface area contributed by atoms with Gasteiger partial charge in [-0.2, -0.15) is 0 Å². The molecule has 4 nitrogen and oxygen atoms in total. The molecule has 1 atom stereocenters. The van der Waals surface area contributed by atoms with Crippen molar-refractivity contribution in [2.75, 3.05) is 11.9 Å². The van der Waals surface area contributed by atoms with E-state index in [1.54, 1.807) is 0 Å². The second-order valence-electron chi connectivity index (χ2n) is 6.44. The van der Waals surface area contributed by atoms with Crippen LogP contribution in [0.3, 0.4) is 0 Å². The Morgan fingerprint density at radius 1 is 1.36 bits per heavy atom. The number of hydrogen-bond acceptors (Lipinski definition) is 3. The van der Waals surface area contributed by atoms with E-state index in [4.69, 9.17) is 0 Å². The molecule has 0 bridgehead atoms. The highest BCUT2D eigenvalue weighted by atomic mass is 19.3. The van der Waals surface area contributed by atoms with Gasteiger partial charge in [-0.25, -0.2) is 8.78 Å². The molecule has 0 aromatic heterocycles. The number of rotatable bonds is 4. The molecule has 1 unspecified atom stereocenters. The second-order valence-corrected chi connectivity index (χ2v) is 6.44. The summed E-state index contributed by atoms with van der Waals surface area (Å²) in [5, 5.41) is 15.2. The molecule has 1 aromatic rings. The van der Waals surface area contributed by atoms with Crippen molar-refractivity contribution in [3.05, 3.63) is 29.8 Å². The number of anilines is 1. The average Bonchev–Trinajstić information content (AvgIpc) is 2.44. The van der Waals surface area contributed by atoms with Crippen LogP contribution in [0.5, 0.6) is 0 Å². The summed E-state index contributed by atoms with van der Waals surface area (Å²) in [5.41, 5.74) is 1.11. The third-order valence-corrected chi connectivity index (χ3v) is 4.47. The number of aliphatic hydroxyl groups excluding tert-OH is 1. The molecular weight excluding hydrogens is 290 g/mol. The summed E-state index contributed by atoms with van der Waals surface area (Å²) in [5.74, 6) is -3.07. The molecular formula is C16H20F2N2O2. The minimum absolute atomic E-state index is 0.00812. The van der Waals surface area contributed by atoms with E-state index >= 15 is 0 Å². The highest BCUT2D eigenvalue weighted by Gasteiger charge is 2.57. The van der Waals surface area contributed by atoms with Gasteiger partial charge in [0, 0.05) is 31.0 Å². The molecule has 120 valence electrons. The van der Waals surface area contributed by atoms with Crippen LogP contribution in [-0.4, -0.2) is 35.1 Å². The van der Waals surface area contributed by atoms with Crippen molar-refractivity contribution >= 4 is 11.6 Å². The van der Waals surface area contributed by atoms with E-state index in [9.17, 15) is 18.7 Å². The zero-order valence-corrected chi connectivity index (χ0v) is 12.2. The molecule has 1 aromatic carbocycles. The van der Waals surface area contributed by atoms with Gasteiger partial charge in [0.15, 0.2) is 0 Å². The molecule has 1 heterocycles. The molecule has 2 aliphatic rings. The van der Waals surface area contributed by atoms with Gasteiger partial charge in [-0.3, -0.25) is 4.79 Å². The van der Waals surface area contributed by atoms with Crippen LogP contribution in [-0.2, 0) is 11.2 Å². The van der Waals surface area contributed by atoms with E-state index in [1.165, 1.54) is 5.56 Å². The van der Waals surface area contributed by atoms with Crippen LogP contribution in [0.4, 0.5) is 14.5 Å². The predicted molar refractivity (Wildman–Crippen MR) is 78.9 cm³/mol. The van der Waals surface area contributed by atoms with E-state index in [2.05, 4.69) is 16.7 Å². The van der Waals surface area contributed by atoms with Crippen molar-refractivity contribution in [3.8, 4) is 0 Å². The standard InChI is InChI=1S/C16H20F2N2O2/c17-16(18)8-15(9-16,10-21)20-14(22)7-12-6-5-11-3-1-2-4-13(11)19-12/h1-4,12,19,21H,5-10H2,(H,20,22). The average molecular weight is 310 g/mol. The molecule has 22 heavy (non-hydrogen) atoms. The maximum absolute atomic E-state index is 13.0. The summed E-state index contributed by atoms with van der Waals surface area (Å²) in [4.78, 5) is 12.1. The quantitative estimate of drug-likeness (QED) is 0.798. The first-order valence-corrected chi connectivity index (χ1v) is 7.56. The first-order valence-electron chi connectivity index (χ1n) is 7.56. The van der Waals surface area contributed by atoms with E-state index in [1.807, 2.05) is 18.2 Å². The van der Waals surface area contributed by atoms with E-state index in [-0.39, 0.29) is 18.4 Å². The number of carbonyl (C=O) groups excluding carboxylic acids is 1. The van der Waals surface area contributed by atoms with E-state index in [0.29, 0.717) is 0 Å². The lowest BCUT2D eigenvalue weighted by Crippen LogP contribution is -2.64. The first-order chi connectivity index (χ1) is 10.4. The summed E-state index contributed by atoms with van der Waals surface area (Å²) < 4.78 is 26.0. The Morgan fingerprint density at radius 2 is 2.09 bits per heavy atom. The van der Waals surface area contributed by atoms with Crippen LogP contribution in [0.1, 0.15) is 31.2 Å². The fourth-order valence-electron chi connectivity index (χ4n) is 3.40. The fourth-order valence-corrected chi connectivity index (χ4v) is 3.40. The van der Waals surface area contributed by atoms with Crippen LogP contribution < -0.4 is 10.6 Å². The van der Waals surface area contributed by atoms with E-state index < -0.39 is 30.9 Å². The van der Waals surface area contributed by atoms with Gasteiger partial charge in [0.1, 0.15) is 0 Å². The number of hydrogen-bond donors (Lipinski definition) is 3. The van der Waals surface area contributed by atoms with Crippen LogP contribution in [0, 0.1) is 0 Å². The summed E-state index contributed by atoms with van der Waals surface area (Å²) >= 11 is 0. The van der Waals surface area contributed by atoms with Crippen LogP contribution in [0.2, 0.25) is 0 Å². The number of amides is 1. The van der Waals surface area contributed by atoms with Gasteiger partial charge in [-0.05, 0) is 24.5 Å². The SMILES string of the molecule is O=C(CC1CCc2ccccc2N1)NC1(CO)CC(F)(F)C1. The topological polar surface area (TPSA) is 61.4 Å². The van der Waals surface area contributed by atoms with Crippen molar-refractivity contribution in [2.24, 2.45) is 0 Å². The first kappa shape index (κ1) is 15.2. The number of carbonyl (C=O) groups is 1. The molecule has 1 saturated carbocycles. The summed E-state index contributed by atoms with van der Waals surface area (Å²) in [6.07, 6.45) is 0.977. The largest absolute Gasteiger partial charge is 0.394 e. The number of nitrogens with one attached hydrogen (secondary N) is 2. The number of benzene rings is 1. The molecule has 3 N–H and O–H groups in total. The lowest BCUT2D eigenvalue weighted by Gasteiger charge is -2.46. The van der Waals surface area contributed by atoms with Gasteiger partial charge in [-0.15, -0.1) is 0 Å². The molecule has 1 aliphatic heterocycles. The highest BCUT2D eigenvalue weighted by Crippen LogP contribution is 2.45. The summed E-state index contributed by atoms with van der Waals surface area (Å²) in [6.45, 7) is -0.449. The fraction of sp³-hybridized carbons (Fsp3) is 0.562. The molecule has 0 saturated heterocycles. The van der Waals surface area contributed by atoms with Crippen LogP contribution in [0.15, 0.2) is 24.3 Å². The molecule has 0 radical (unpaired) electrons. The molecule has 1 fully saturated rings. The van der Waals surface area contributed by atoms with Gasteiger partial charge in [0.2, 0.25) is 5.91 Å². The second kappa shape index (κ2) is 5.50. The van der Waals surface area contributed by atoms with Gasteiger partial charge in [0.25, 0.3) is 5.92 Å². The molecule has 1 aliphatic carbocycles. The zero-order chi connectivity index (χ0) is 15.8. The Morgan fingerprint density at radius 3 is 2.77 bits per heavy atom. The van der Waals surface area contributed by atoms with Gasteiger partial charge in [0.05, 0.1) is 12.1 Å². The number of para-hydroxylation sites is 1. The molecule has 3 rings (SSSR count). The number of fused-ring (bicyclic) bond motifs is 1. The maximum atomic E-state index is 13.0. The van der Waals surface area contributed by atoms with Crippen LogP contribution in [0.25, 0.3) is 0 Å². The summed E-state index contributed by atoms with van der Waals surface area (Å²) in [6, 6.07) is 7.93. The minimum Gasteiger partial charge on any atom is -0.394 e. The third kappa shape index (κ3) is 3.06. The Bertz CT molecular complexity index is 569. The molecule has 6 heteroatoms. The minimum atomic E-state index is -2.78. The Balaban J connectivity index is 1.55. The van der Waals surface area contributed by atoms with Crippen molar-refractivity contribution < 1.29 is 18.7 Å². The Kier molecular flexibility index (Phi) is 3.80. The number of alkyl halides is 2. The van der Waals surface area contributed by atoms with Crippen molar-refractivity contribution in [1.82, 2.24) is 5.32 Å². The maximum Gasteiger partial charge on any atom is 0.252 e.